The van der Waals surface area contributed by atoms with E-state index in [0.29, 0.717) is 6.54 Å². The van der Waals surface area contributed by atoms with E-state index in [1.807, 2.05) is 18.3 Å². The first kappa shape index (κ1) is 11.0. The molecule has 17 heavy (non-hydrogen) atoms. The number of nitrogens with zero attached hydrogens (tertiary/aromatic N) is 1. The van der Waals surface area contributed by atoms with Gasteiger partial charge in [0.25, 0.3) is 0 Å². The normalized spacial score (nSPS) is 17.9. The molecule has 90 valence electrons. The van der Waals surface area contributed by atoms with Gasteiger partial charge in [-0.15, -0.1) is 11.3 Å². The number of aromatic amines is 1. The lowest BCUT2D eigenvalue weighted by molar-refractivity contribution is -0.106. The minimum Gasteiger partial charge on any atom is -0.380 e. The monoisotopic (exact) mass is 249 g/mol. The molecular formula is C12H15N3OS. The van der Waals surface area contributed by atoms with Gasteiger partial charge in [-0.3, -0.25) is 0 Å². The predicted octanol–water partition coefficient (Wildman–Crippen LogP) is 1.66. The van der Waals surface area contributed by atoms with Crippen molar-refractivity contribution in [2.45, 2.75) is 6.42 Å². The minimum absolute atomic E-state index is 0.130. The molecule has 0 spiro atoms. The molecule has 2 aromatic rings. The van der Waals surface area contributed by atoms with Crippen LogP contribution in [0, 0.1) is 5.41 Å². The van der Waals surface area contributed by atoms with Crippen LogP contribution in [0.25, 0.3) is 11.4 Å². The van der Waals surface area contributed by atoms with Crippen molar-refractivity contribution in [2.75, 3.05) is 19.8 Å². The molecule has 1 saturated heterocycles. The van der Waals surface area contributed by atoms with Gasteiger partial charge in [0.15, 0.2) is 0 Å². The molecule has 1 fully saturated rings. The molecule has 5 heteroatoms. The molecule has 0 amide bonds. The molecule has 0 aliphatic carbocycles. The summed E-state index contributed by atoms with van der Waals surface area (Å²) in [4.78, 5) is 7.81. The van der Waals surface area contributed by atoms with E-state index < -0.39 is 0 Å². The van der Waals surface area contributed by atoms with Crippen LogP contribution in [-0.4, -0.2) is 29.7 Å². The van der Waals surface area contributed by atoms with Crippen LogP contribution in [0.3, 0.4) is 0 Å². The molecule has 0 bridgehead atoms. The molecule has 0 saturated carbocycles. The highest BCUT2D eigenvalue weighted by Gasteiger charge is 2.38. The predicted molar refractivity (Wildman–Crippen MR) is 67.9 cm³/mol. The van der Waals surface area contributed by atoms with E-state index in [0.717, 1.165) is 36.0 Å². The van der Waals surface area contributed by atoms with Crippen molar-refractivity contribution in [1.29, 1.82) is 0 Å². The smallest absolute Gasteiger partial charge is 0.0976 e. The topological polar surface area (TPSA) is 63.9 Å². The van der Waals surface area contributed by atoms with Crippen LogP contribution >= 0.6 is 11.3 Å². The first-order valence-corrected chi connectivity index (χ1v) is 6.55. The van der Waals surface area contributed by atoms with E-state index in [1.165, 1.54) is 0 Å². The third-order valence-corrected chi connectivity index (χ3v) is 4.05. The van der Waals surface area contributed by atoms with E-state index in [9.17, 15) is 0 Å². The van der Waals surface area contributed by atoms with Crippen LogP contribution in [0.4, 0.5) is 0 Å². The molecular weight excluding hydrogens is 234 g/mol. The van der Waals surface area contributed by atoms with Gasteiger partial charge < -0.3 is 15.5 Å². The van der Waals surface area contributed by atoms with Crippen LogP contribution < -0.4 is 5.73 Å². The number of ether oxygens (including phenoxy) is 1. The molecule has 1 aliphatic rings. The van der Waals surface area contributed by atoms with Crippen LogP contribution in [0.15, 0.2) is 23.7 Å². The molecule has 0 aromatic carbocycles. The Morgan fingerprint density at radius 3 is 3.00 bits per heavy atom. The van der Waals surface area contributed by atoms with Crippen LogP contribution in [0.2, 0.25) is 0 Å². The molecule has 3 rings (SSSR count). The highest BCUT2D eigenvalue weighted by molar-refractivity contribution is 7.09. The maximum absolute atomic E-state index is 5.81. The summed E-state index contributed by atoms with van der Waals surface area (Å²) in [5.74, 6) is 0. The number of rotatable bonds is 4. The fraction of sp³-hybridized carbons (Fsp3) is 0.417. The van der Waals surface area contributed by atoms with E-state index in [1.54, 1.807) is 11.3 Å². The molecule has 3 N–H and O–H groups in total. The summed E-state index contributed by atoms with van der Waals surface area (Å²) in [5.41, 5.74) is 8.02. The molecule has 0 atom stereocenters. The lowest BCUT2D eigenvalue weighted by atomic mass is 9.83. The van der Waals surface area contributed by atoms with Crippen molar-refractivity contribution in [1.82, 2.24) is 9.97 Å². The molecule has 1 aliphatic heterocycles. The lowest BCUT2D eigenvalue weighted by Gasteiger charge is -2.39. The SMILES string of the molecule is NCC1(Cc2nc(-c3ccc[nH]3)cs2)COC1. The molecule has 2 aromatic heterocycles. The number of hydrogen-bond donors (Lipinski definition) is 2. The summed E-state index contributed by atoms with van der Waals surface area (Å²) in [5, 5.41) is 3.23. The van der Waals surface area contributed by atoms with Crippen molar-refractivity contribution < 1.29 is 4.74 Å². The Morgan fingerprint density at radius 1 is 1.53 bits per heavy atom. The number of thiazole rings is 1. The molecule has 3 heterocycles. The summed E-state index contributed by atoms with van der Waals surface area (Å²) in [6.45, 7) is 2.20. The van der Waals surface area contributed by atoms with Gasteiger partial charge in [0.1, 0.15) is 0 Å². The van der Waals surface area contributed by atoms with Gasteiger partial charge in [0.2, 0.25) is 0 Å². The molecule has 4 nitrogen and oxygen atoms in total. The van der Waals surface area contributed by atoms with Gasteiger partial charge in [-0.1, -0.05) is 0 Å². The zero-order valence-electron chi connectivity index (χ0n) is 9.48. The second-order valence-electron chi connectivity index (χ2n) is 4.58. The second kappa shape index (κ2) is 4.25. The number of nitrogens with one attached hydrogen (secondary N) is 1. The van der Waals surface area contributed by atoms with E-state index in [-0.39, 0.29) is 5.41 Å². The summed E-state index contributed by atoms with van der Waals surface area (Å²) in [7, 11) is 0. The Morgan fingerprint density at radius 2 is 2.41 bits per heavy atom. The van der Waals surface area contributed by atoms with Gasteiger partial charge in [-0.05, 0) is 12.1 Å². The first-order valence-electron chi connectivity index (χ1n) is 5.67. The third-order valence-electron chi connectivity index (χ3n) is 3.20. The summed E-state index contributed by atoms with van der Waals surface area (Å²) >= 11 is 1.70. The zero-order valence-corrected chi connectivity index (χ0v) is 10.3. The maximum Gasteiger partial charge on any atom is 0.0976 e. The highest BCUT2D eigenvalue weighted by Crippen LogP contribution is 2.32. The third kappa shape index (κ3) is 2.01. The van der Waals surface area contributed by atoms with Crippen molar-refractivity contribution in [2.24, 2.45) is 11.1 Å². The fourth-order valence-electron chi connectivity index (χ4n) is 2.01. The standard InChI is InChI=1S/C12H15N3OS/c13-6-12(7-16-8-12)4-11-15-10(5-17-11)9-2-1-3-14-9/h1-3,5,14H,4,6-8,13H2. The van der Waals surface area contributed by atoms with Gasteiger partial charge >= 0.3 is 0 Å². The Bertz CT molecular complexity index is 482. The van der Waals surface area contributed by atoms with Gasteiger partial charge in [-0.25, -0.2) is 4.98 Å². The average molecular weight is 249 g/mol. The van der Waals surface area contributed by atoms with E-state index in [4.69, 9.17) is 10.5 Å². The quantitative estimate of drug-likeness (QED) is 0.866. The Labute approximate surface area is 104 Å². The summed E-state index contributed by atoms with van der Waals surface area (Å²) < 4.78 is 5.27. The summed E-state index contributed by atoms with van der Waals surface area (Å²) in [6.07, 6.45) is 2.84. The fourth-order valence-corrected chi connectivity index (χ4v) is 2.98. The summed E-state index contributed by atoms with van der Waals surface area (Å²) in [6, 6.07) is 4.01. The number of aromatic nitrogens is 2. The zero-order chi connectivity index (χ0) is 11.7. The Hall–Kier alpha value is -1.17. The van der Waals surface area contributed by atoms with Crippen LogP contribution in [-0.2, 0) is 11.2 Å². The number of nitrogens with two attached hydrogens (primary N) is 1. The van der Waals surface area contributed by atoms with E-state index in [2.05, 4.69) is 15.3 Å². The molecule has 0 radical (unpaired) electrons. The maximum atomic E-state index is 5.81. The van der Waals surface area contributed by atoms with Crippen LogP contribution in [0.1, 0.15) is 5.01 Å². The minimum atomic E-state index is 0.130. The lowest BCUT2D eigenvalue weighted by Crippen LogP contribution is -2.49. The Kier molecular flexibility index (Phi) is 2.74. The van der Waals surface area contributed by atoms with Crippen molar-refractivity contribution in [3.63, 3.8) is 0 Å². The van der Waals surface area contributed by atoms with Crippen molar-refractivity contribution >= 4 is 11.3 Å². The largest absolute Gasteiger partial charge is 0.380 e. The number of hydrogen-bond acceptors (Lipinski definition) is 4. The van der Waals surface area contributed by atoms with Crippen molar-refractivity contribution in [3.05, 3.63) is 28.7 Å². The van der Waals surface area contributed by atoms with Gasteiger partial charge in [-0.2, -0.15) is 0 Å². The number of H-pyrrole nitrogens is 1. The van der Waals surface area contributed by atoms with Crippen LogP contribution in [0.5, 0.6) is 0 Å². The van der Waals surface area contributed by atoms with Gasteiger partial charge in [0, 0.05) is 30.0 Å². The van der Waals surface area contributed by atoms with E-state index >= 15 is 0 Å². The average Bonchev–Trinajstić information content (AvgIpc) is 2.94. The second-order valence-corrected chi connectivity index (χ2v) is 5.53. The van der Waals surface area contributed by atoms with Gasteiger partial charge in [0.05, 0.1) is 29.6 Å². The Balaban J connectivity index is 1.77. The first-order chi connectivity index (χ1) is 8.31. The van der Waals surface area contributed by atoms with Crippen molar-refractivity contribution in [3.8, 4) is 11.4 Å². The highest BCUT2D eigenvalue weighted by atomic mass is 32.1. The molecule has 0 unspecified atom stereocenters.